The molecule has 1 aromatic heterocycles. The van der Waals surface area contributed by atoms with Crippen molar-refractivity contribution in [1.29, 1.82) is 0 Å². The highest BCUT2D eigenvalue weighted by atomic mass is 32.2. The molecule has 0 radical (unpaired) electrons. The number of rotatable bonds is 13. The maximum absolute atomic E-state index is 11.6. The molecule has 2 heterocycles. The number of thioether (sulfide) groups is 1. The zero-order valence-corrected chi connectivity index (χ0v) is 20.5. The van der Waals surface area contributed by atoms with Crippen LogP contribution in [0.1, 0.15) is 97.5 Å². The van der Waals surface area contributed by atoms with Crippen LogP contribution in [-0.2, 0) is 11.3 Å². The Bertz CT molecular complexity index is 636. The van der Waals surface area contributed by atoms with Crippen LogP contribution >= 0.6 is 11.8 Å². The molecule has 172 valence electrons. The van der Waals surface area contributed by atoms with E-state index in [4.69, 9.17) is 4.74 Å². The Labute approximate surface area is 188 Å². The molecule has 1 aliphatic rings. The molecule has 0 saturated heterocycles. The van der Waals surface area contributed by atoms with Gasteiger partial charge in [-0.1, -0.05) is 72.6 Å². The first-order valence-electron chi connectivity index (χ1n) is 12.0. The maximum Gasteiger partial charge on any atom is 0.186 e. The molecule has 0 aromatic carbocycles. The standard InChI is InChI=1S/C16H24N2O2S.C9H20/c1-3-13-11-21-16(4-2)15(20-13)6-8-18-10-12-9-17-7-5-14(12)19;1-3-5-7-9-8-6-4-2/h5,7,9,13,18H,3-4,6,8,10-11H2,1-2H3,(H,17,19);3-9H2,1-2H3. The number of pyridine rings is 1. The van der Waals surface area contributed by atoms with Crippen molar-refractivity contribution in [3.63, 3.8) is 0 Å². The molecule has 4 nitrogen and oxygen atoms in total. The van der Waals surface area contributed by atoms with Crippen LogP contribution in [-0.4, -0.2) is 23.4 Å². The lowest BCUT2D eigenvalue weighted by atomic mass is 10.1. The van der Waals surface area contributed by atoms with Crippen molar-refractivity contribution in [2.75, 3.05) is 12.3 Å². The minimum Gasteiger partial charge on any atom is -0.493 e. The van der Waals surface area contributed by atoms with E-state index < -0.39 is 0 Å². The first-order valence-corrected chi connectivity index (χ1v) is 13.0. The van der Waals surface area contributed by atoms with Crippen molar-refractivity contribution < 1.29 is 4.74 Å². The Morgan fingerprint density at radius 3 is 2.40 bits per heavy atom. The molecule has 2 N–H and O–H groups in total. The van der Waals surface area contributed by atoms with Gasteiger partial charge in [0.25, 0.3) is 0 Å². The van der Waals surface area contributed by atoms with Gasteiger partial charge in [-0.3, -0.25) is 4.79 Å². The lowest BCUT2D eigenvalue weighted by molar-refractivity contribution is 0.120. The van der Waals surface area contributed by atoms with Gasteiger partial charge in [-0.2, -0.15) is 0 Å². The first kappa shape index (κ1) is 26.8. The van der Waals surface area contributed by atoms with E-state index in [-0.39, 0.29) is 5.43 Å². The van der Waals surface area contributed by atoms with Crippen LogP contribution in [0.4, 0.5) is 0 Å². The summed E-state index contributed by atoms with van der Waals surface area (Å²) in [5, 5.41) is 3.32. The van der Waals surface area contributed by atoms with E-state index >= 15 is 0 Å². The van der Waals surface area contributed by atoms with Gasteiger partial charge in [0.15, 0.2) is 5.43 Å². The Morgan fingerprint density at radius 2 is 1.80 bits per heavy atom. The number of ether oxygens (including phenoxy) is 1. The van der Waals surface area contributed by atoms with E-state index in [2.05, 4.69) is 38.0 Å². The summed E-state index contributed by atoms with van der Waals surface area (Å²) < 4.78 is 6.07. The van der Waals surface area contributed by atoms with Gasteiger partial charge < -0.3 is 15.0 Å². The number of hydrogen-bond donors (Lipinski definition) is 2. The van der Waals surface area contributed by atoms with E-state index in [0.29, 0.717) is 12.6 Å². The van der Waals surface area contributed by atoms with Crippen LogP contribution in [0.25, 0.3) is 0 Å². The number of hydrogen-bond acceptors (Lipinski definition) is 4. The molecule has 0 amide bonds. The van der Waals surface area contributed by atoms with Gasteiger partial charge in [-0.25, -0.2) is 0 Å². The monoisotopic (exact) mass is 436 g/mol. The van der Waals surface area contributed by atoms with Crippen LogP contribution < -0.4 is 10.7 Å². The Morgan fingerprint density at radius 1 is 1.10 bits per heavy atom. The van der Waals surface area contributed by atoms with Gasteiger partial charge in [0.1, 0.15) is 11.9 Å². The van der Waals surface area contributed by atoms with Gasteiger partial charge >= 0.3 is 0 Å². The molecule has 0 spiro atoms. The Hall–Kier alpha value is -1.20. The SMILES string of the molecule is CCC1=C(CCNCc2c[nH]ccc2=O)OC(CC)CS1.CCCCCCCCC. The number of allylic oxidation sites excluding steroid dienone is 1. The van der Waals surface area contributed by atoms with Gasteiger partial charge in [-0.15, -0.1) is 11.8 Å². The van der Waals surface area contributed by atoms with Crippen LogP contribution in [0.5, 0.6) is 0 Å². The smallest absolute Gasteiger partial charge is 0.186 e. The molecule has 1 atom stereocenters. The fraction of sp³-hybridized carbons (Fsp3) is 0.720. The van der Waals surface area contributed by atoms with E-state index in [0.717, 1.165) is 42.9 Å². The largest absolute Gasteiger partial charge is 0.493 e. The minimum absolute atomic E-state index is 0.0743. The van der Waals surface area contributed by atoms with Gasteiger partial charge in [-0.05, 0) is 12.8 Å². The second kappa shape index (κ2) is 17.5. The molecular weight excluding hydrogens is 392 g/mol. The van der Waals surface area contributed by atoms with Crippen LogP contribution in [0.2, 0.25) is 0 Å². The lowest BCUT2D eigenvalue weighted by Crippen LogP contribution is -2.24. The van der Waals surface area contributed by atoms with Crippen LogP contribution in [0, 0.1) is 0 Å². The quantitative estimate of drug-likeness (QED) is 0.335. The maximum atomic E-state index is 11.6. The number of H-pyrrole nitrogens is 1. The number of unbranched alkanes of at least 4 members (excludes halogenated alkanes) is 6. The predicted molar refractivity (Wildman–Crippen MR) is 132 cm³/mol. The summed E-state index contributed by atoms with van der Waals surface area (Å²) in [5.74, 6) is 2.20. The molecular formula is C25H44N2O2S. The highest BCUT2D eigenvalue weighted by Crippen LogP contribution is 2.33. The molecule has 1 unspecified atom stereocenters. The summed E-state index contributed by atoms with van der Waals surface area (Å²) in [7, 11) is 0. The summed E-state index contributed by atoms with van der Waals surface area (Å²) >= 11 is 1.93. The molecule has 0 aliphatic carbocycles. The van der Waals surface area contributed by atoms with Crippen molar-refractivity contribution >= 4 is 11.8 Å². The molecule has 1 aromatic rings. The lowest BCUT2D eigenvalue weighted by Gasteiger charge is -2.27. The average Bonchev–Trinajstić information content (AvgIpc) is 2.78. The second-order valence-corrected chi connectivity index (χ2v) is 9.00. The van der Waals surface area contributed by atoms with E-state index in [9.17, 15) is 4.79 Å². The normalized spacial score (nSPS) is 16.1. The molecule has 30 heavy (non-hydrogen) atoms. The molecule has 5 heteroatoms. The van der Waals surface area contributed by atoms with Crippen molar-refractivity contribution in [2.24, 2.45) is 0 Å². The molecule has 0 saturated carbocycles. The zero-order chi connectivity index (χ0) is 22.0. The Balaban J connectivity index is 0.000000424. The highest BCUT2D eigenvalue weighted by molar-refractivity contribution is 8.03. The fourth-order valence-corrected chi connectivity index (χ4v) is 4.52. The summed E-state index contributed by atoms with van der Waals surface area (Å²) in [6, 6.07) is 1.56. The van der Waals surface area contributed by atoms with Crippen molar-refractivity contribution in [1.82, 2.24) is 10.3 Å². The first-order chi connectivity index (χ1) is 14.7. The minimum atomic E-state index is 0.0743. The molecule has 0 fully saturated rings. The third-order valence-corrected chi connectivity index (χ3v) is 6.70. The second-order valence-electron chi connectivity index (χ2n) is 7.89. The van der Waals surface area contributed by atoms with Crippen LogP contribution in [0.3, 0.4) is 0 Å². The van der Waals surface area contributed by atoms with Crippen molar-refractivity contribution in [3.05, 3.63) is 44.9 Å². The molecule has 0 bridgehead atoms. The fourth-order valence-electron chi connectivity index (χ4n) is 3.32. The predicted octanol–water partition coefficient (Wildman–Crippen LogP) is 6.78. The zero-order valence-electron chi connectivity index (χ0n) is 19.7. The third kappa shape index (κ3) is 11.3. The number of nitrogens with one attached hydrogen (secondary N) is 2. The van der Waals surface area contributed by atoms with Gasteiger partial charge in [0.05, 0.1) is 0 Å². The summed E-state index contributed by atoms with van der Waals surface area (Å²) in [4.78, 5) is 15.9. The third-order valence-electron chi connectivity index (χ3n) is 5.30. The van der Waals surface area contributed by atoms with Gasteiger partial charge in [0, 0.05) is 54.2 Å². The number of aromatic nitrogens is 1. The van der Waals surface area contributed by atoms with E-state index in [1.807, 2.05) is 11.8 Å². The van der Waals surface area contributed by atoms with E-state index in [1.165, 1.54) is 49.9 Å². The van der Waals surface area contributed by atoms with Crippen LogP contribution in [0.15, 0.2) is 33.9 Å². The summed E-state index contributed by atoms with van der Waals surface area (Å²) in [5.41, 5.74) is 0.845. The highest BCUT2D eigenvalue weighted by Gasteiger charge is 2.20. The van der Waals surface area contributed by atoms with Crippen molar-refractivity contribution in [2.45, 2.75) is 105 Å². The topological polar surface area (TPSA) is 54.1 Å². The average molecular weight is 437 g/mol. The van der Waals surface area contributed by atoms with E-state index in [1.54, 1.807) is 18.5 Å². The number of aromatic amines is 1. The Kier molecular flexibility index (Phi) is 15.6. The molecule has 2 rings (SSSR count). The summed E-state index contributed by atoms with van der Waals surface area (Å²) in [6.07, 6.45) is 16.7. The summed E-state index contributed by atoms with van der Waals surface area (Å²) in [6.45, 7) is 10.3. The molecule has 1 aliphatic heterocycles. The van der Waals surface area contributed by atoms with Gasteiger partial charge in [0.2, 0.25) is 0 Å². The van der Waals surface area contributed by atoms with Crippen molar-refractivity contribution in [3.8, 4) is 0 Å².